The molecule has 0 aliphatic heterocycles. The quantitative estimate of drug-likeness (QED) is 0.677. The van der Waals surface area contributed by atoms with Crippen LogP contribution in [0.25, 0.3) is 11.3 Å². The van der Waals surface area contributed by atoms with Crippen molar-refractivity contribution in [3.05, 3.63) is 59.0 Å². The van der Waals surface area contributed by atoms with Crippen LogP contribution in [-0.4, -0.2) is 0 Å². The molecule has 0 saturated heterocycles. The topological polar surface area (TPSA) is 51.2 Å². The molecular weight excluding hydrogens is 288 g/mol. The fourth-order valence-corrected chi connectivity index (χ4v) is 3.37. The lowest BCUT2D eigenvalue weighted by atomic mass is 10.1. The lowest BCUT2D eigenvalue weighted by Gasteiger charge is -2.10. The average Bonchev–Trinajstić information content (AvgIpc) is 3.18. The molecule has 0 spiro atoms. The minimum absolute atomic E-state index is 0.520. The van der Waals surface area contributed by atoms with Crippen LogP contribution >= 0.6 is 23.3 Å². The molecule has 0 atom stereocenters. The zero-order valence-electron chi connectivity index (χ0n) is 10.7. The average molecular weight is 302 g/mol. The molecule has 0 fully saturated rings. The van der Waals surface area contributed by atoms with Crippen LogP contribution in [0, 0.1) is 0 Å². The molecule has 0 saturated carbocycles. The second-order valence-corrected chi connectivity index (χ2v) is 5.88. The van der Waals surface area contributed by atoms with Gasteiger partial charge in [-0.15, -0.1) is 0 Å². The summed E-state index contributed by atoms with van der Waals surface area (Å²) >= 11 is 3.28. The van der Waals surface area contributed by atoms with Gasteiger partial charge in [-0.25, -0.2) is 0 Å². The van der Waals surface area contributed by atoms with E-state index in [1.165, 1.54) is 4.90 Å². The lowest BCUT2D eigenvalue weighted by Crippen LogP contribution is -1.98. The maximum Gasteiger partial charge on any atom is 0.135 e. The number of benzene rings is 1. The summed E-state index contributed by atoms with van der Waals surface area (Å²) in [4.78, 5) is 1.20. The van der Waals surface area contributed by atoms with Gasteiger partial charge in [-0.3, -0.25) is 0 Å². The third-order valence-corrected chi connectivity index (χ3v) is 4.52. The summed E-state index contributed by atoms with van der Waals surface area (Å²) < 4.78 is 8.89. The molecule has 0 aliphatic carbocycles. The third kappa shape index (κ3) is 2.90. The van der Waals surface area contributed by atoms with Gasteiger partial charge in [-0.05, 0) is 53.2 Å². The number of anilines is 1. The molecule has 3 nitrogen and oxygen atoms in total. The van der Waals surface area contributed by atoms with Crippen molar-refractivity contribution in [3.63, 3.8) is 0 Å². The van der Waals surface area contributed by atoms with E-state index in [0.29, 0.717) is 6.54 Å². The molecule has 3 N–H and O–H groups in total. The highest BCUT2D eigenvalue weighted by atomic mass is 32.2. The molecule has 0 aliphatic rings. The molecule has 0 amide bonds. The van der Waals surface area contributed by atoms with Crippen LogP contribution in [0.2, 0.25) is 0 Å². The van der Waals surface area contributed by atoms with Gasteiger partial charge in [0, 0.05) is 22.4 Å². The monoisotopic (exact) mass is 302 g/mol. The van der Waals surface area contributed by atoms with Crippen molar-refractivity contribution >= 4 is 29.0 Å². The molecule has 2 aromatic heterocycles. The first-order valence-electron chi connectivity index (χ1n) is 6.19. The van der Waals surface area contributed by atoms with E-state index < -0.39 is 0 Å². The van der Waals surface area contributed by atoms with Gasteiger partial charge in [-0.2, -0.15) is 11.3 Å². The summed E-state index contributed by atoms with van der Waals surface area (Å²) in [6.45, 7) is 0.520. The van der Waals surface area contributed by atoms with E-state index in [4.69, 9.17) is 10.2 Å². The van der Waals surface area contributed by atoms with Gasteiger partial charge in [0.2, 0.25) is 0 Å². The smallest absolute Gasteiger partial charge is 0.135 e. The zero-order valence-corrected chi connectivity index (χ0v) is 12.3. The van der Waals surface area contributed by atoms with Crippen molar-refractivity contribution in [2.75, 3.05) is 4.72 Å². The predicted octanol–water partition coefficient (Wildman–Crippen LogP) is 4.59. The molecule has 3 aromatic rings. The molecule has 20 heavy (non-hydrogen) atoms. The Hall–Kier alpha value is -1.69. The van der Waals surface area contributed by atoms with Crippen molar-refractivity contribution in [1.29, 1.82) is 0 Å². The number of nitrogens with two attached hydrogens (primary N) is 1. The van der Waals surface area contributed by atoms with E-state index in [1.54, 1.807) is 29.5 Å². The van der Waals surface area contributed by atoms with Gasteiger partial charge < -0.3 is 14.9 Å². The molecule has 102 valence electrons. The molecule has 3 rings (SSSR count). The van der Waals surface area contributed by atoms with Crippen LogP contribution < -0.4 is 10.5 Å². The van der Waals surface area contributed by atoms with Gasteiger partial charge in [0.1, 0.15) is 5.76 Å². The molecule has 1 aromatic carbocycles. The van der Waals surface area contributed by atoms with Crippen LogP contribution in [0.5, 0.6) is 0 Å². The SMILES string of the molecule is NCc1ccc(NSc2ccsc2)c(-c2ccco2)c1. The Morgan fingerprint density at radius 3 is 2.90 bits per heavy atom. The third-order valence-electron chi connectivity index (χ3n) is 2.88. The normalized spacial score (nSPS) is 10.7. The highest BCUT2D eigenvalue weighted by Crippen LogP contribution is 2.33. The van der Waals surface area contributed by atoms with Gasteiger partial charge >= 0.3 is 0 Å². The van der Waals surface area contributed by atoms with Crippen LogP contribution in [0.15, 0.2) is 62.7 Å². The number of hydrogen-bond donors (Lipinski definition) is 2. The highest BCUT2D eigenvalue weighted by molar-refractivity contribution is 8.00. The van der Waals surface area contributed by atoms with E-state index in [2.05, 4.69) is 27.6 Å². The van der Waals surface area contributed by atoms with Crippen LogP contribution in [0.1, 0.15) is 5.56 Å². The maximum atomic E-state index is 5.72. The van der Waals surface area contributed by atoms with Gasteiger partial charge in [0.15, 0.2) is 0 Å². The van der Waals surface area contributed by atoms with Crippen LogP contribution in [-0.2, 0) is 6.54 Å². The molecule has 0 bridgehead atoms. The van der Waals surface area contributed by atoms with Gasteiger partial charge in [0.05, 0.1) is 12.0 Å². The Kier molecular flexibility index (Phi) is 4.11. The van der Waals surface area contributed by atoms with Crippen molar-refractivity contribution < 1.29 is 4.42 Å². The summed E-state index contributed by atoms with van der Waals surface area (Å²) in [5.41, 5.74) is 8.85. The number of hydrogen-bond acceptors (Lipinski definition) is 5. The first kappa shape index (κ1) is 13.3. The Bertz CT molecular complexity index is 663. The molecule has 2 heterocycles. The Morgan fingerprint density at radius 2 is 2.20 bits per heavy atom. The Morgan fingerprint density at radius 1 is 1.25 bits per heavy atom. The minimum atomic E-state index is 0.520. The van der Waals surface area contributed by atoms with Crippen molar-refractivity contribution in [3.8, 4) is 11.3 Å². The molecule has 0 unspecified atom stereocenters. The first-order chi connectivity index (χ1) is 9.86. The Labute approximate surface area is 125 Å². The van der Waals surface area contributed by atoms with E-state index >= 15 is 0 Å². The molecular formula is C15H14N2OS2. The predicted molar refractivity (Wildman–Crippen MR) is 85.8 cm³/mol. The van der Waals surface area contributed by atoms with Crippen molar-refractivity contribution in [2.24, 2.45) is 5.73 Å². The zero-order chi connectivity index (χ0) is 13.8. The second kappa shape index (κ2) is 6.17. The maximum absolute atomic E-state index is 5.72. The number of furan rings is 1. The fourth-order valence-electron chi connectivity index (χ4n) is 1.87. The van der Waals surface area contributed by atoms with E-state index in [0.717, 1.165) is 22.6 Å². The van der Waals surface area contributed by atoms with Crippen molar-refractivity contribution in [1.82, 2.24) is 0 Å². The standard InChI is InChI=1S/C15H14N2OS2/c16-9-11-3-4-14(17-20-12-5-7-19-10-12)13(8-11)15-2-1-6-18-15/h1-8,10,17H,9,16H2. The van der Waals surface area contributed by atoms with E-state index in [9.17, 15) is 0 Å². The summed E-state index contributed by atoms with van der Waals surface area (Å²) in [6, 6.07) is 12.1. The summed E-state index contributed by atoms with van der Waals surface area (Å²) in [6.07, 6.45) is 1.68. The van der Waals surface area contributed by atoms with Crippen LogP contribution in [0.3, 0.4) is 0 Å². The molecule has 5 heteroatoms. The number of rotatable bonds is 5. The summed E-state index contributed by atoms with van der Waals surface area (Å²) in [5.74, 6) is 0.841. The lowest BCUT2D eigenvalue weighted by molar-refractivity contribution is 0.582. The molecule has 0 radical (unpaired) electrons. The van der Waals surface area contributed by atoms with Crippen LogP contribution in [0.4, 0.5) is 5.69 Å². The minimum Gasteiger partial charge on any atom is -0.464 e. The van der Waals surface area contributed by atoms with E-state index in [1.807, 2.05) is 24.3 Å². The largest absolute Gasteiger partial charge is 0.464 e. The Balaban J connectivity index is 1.89. The summed E-state index contributed by atoms with van der Waals surface area (Å²) in [7, 11) is 0. The first-order valence-corrected chi connectivity index (χ1v) is 7.94. The van der Waals surface area contributed by atoms with Crippen molar-refractivity contribution in [2.45, 2.75) is 11.4 Å². The second-order valence-electron chi connectivity index (χ2n) is 4.22. The number of thiophene rings is 1. The highest BCUT2D eigenvalue weighted by Gasteiger charge is 2.09. The van der Waals surface area contributed by atoms with Gasteiger partial charge in [0.25, 0.3) is 0 Å². The fraction of sp³-hybridized carbons (Fsp3) is 0.0667. The summed E-state index contributed by atoms with van der Waals surface area (Å²) in [5, 5.41) is 4.17. The van der Waals surface area contributed by atoms with E-state index in [-0.39, 0.29) is 0 Å². The number of nitrogens with one attached hydrogen (secondary N) is 1. The van der Waals surface area contributed by atoms with Gasteiger partial charge in [-0.1, -0.05) is 6.07 Å².